The van der Waals surface area contributed by atoms with Crippen molar-refractivity contribution in [1.29, 1.82) is 0 Å². The number of thioether (sulfide) groups is 1. The molecule has 0 rings (SSSR count). The first kappa shape index (κ1) is 6.98. The largest absolute Gasteiger partial charge is 0.319 e. The molecule has 0 amide bonds. The zero-order valence-corrected chi connectivity index (χ0v) is 5.29. The lowest BCUT2D eigenvalue weighted by molar-refractivity contribution is -0.109. The van der Waals surface area contributed by atoms with E-state index in [1.165, 1.54) is 6.92 Å². The fourth-order valence-electron chi connectivity index (χ4n) is 0.262. The summed E-state index contributed by atoms with van der Waals surface area (Å²) in [4.78, 5) is 10.1. The van der Waals surface area contributed by atoms with Crippen molar-refractivity contribution in [2.75, 3.05) is 0 Å². The molecule has 0 radical (unpaired) electrons. The van der Waals surface area contributed by atoms with Gasteiger partial charge in [-0.3, -0.25) is 4.79 Å². The van der Waals surface area contributed by atoms with Gasteiger partial charge < -0.3 is 5.73 Å². The second kappa shape index (κ2) is 3.04. The third-order valence-corrected chi connectivity index (χ3v) is 1.06. The highest BCUT2D eigenvalue weighted by molar-refractivity contribution is 8.14. The number of nitrogens with two attached hydrogens (primary N) is 1. The van der Waals surface area contributed by atoms with E-state index < -0.39 is 0 Å². The Morgan fingerprint density at radius 1 is 1.86 bits per heavy atom. The van der Waals surface area contributed by atoms with Gasteiger partial charge in [-0.25, -0.2) is 0 Å². The van der Waals surface area contributed by atoms with E-state index in [-0.39, 0.29) is 10.5 Å². The van der Waals surface area contributed by atoms with E-state index in [0.717, 1.165) is 11.8 Å². The Kier molecular flexibility index (Phi) is 3.04. The van der Waals surface area contributed by atoms with E-state index in [1.807, 2.05) is 0 Å². The molecule has 42 valence electrons. The summed E-state index contributed by atoms with van der Waals surface area (Å²) in [5.41, 5.74) is 5.24. The van der Waals surface area contributed by atoms with Crippen LogP contribution in [-0.4, -0.2) is 10.5 Å². The van der Waals surface area contributed by atoms with E-state index >= 15 is 0 Å². The number of carbonyl (C=O) groups is 1. The predicted octanol–water partition coefficient (Wildman–Crippen LogP) is 0.571. The molecule has 0 aromatic rings. The van der Waals surface area contributed by atoms with E-state index in [1.54, 1.807) is 6.92 Å². The van der Waals surface area contributed by atoms with Crippen molar-refractivity contribution in [1.82, 2.24) is 0 Å². The maximum atomic E-state index is 10.1. The van der Waals surface area contributed by atoms with Crippen LogP contribution in [0.25, 0.3) is 0 Å². The summed E-state index contributed by atoms with van der Waals surface area (Å²) in [6.07, 6.45) is 0. The van der Waals surface area contributed by atoms with Crippen LogP contribution in [0.1, 0.15) is 13.8 Å². The second-order valence-electron chi connectivity index (χ2n) is 1.31. The van der Waals surface area contributed by atoms with Crippen molar-refractivity contribution in [2.45, 2.75) is 19.2 Å². The van der Waals surface area contributed by atoms with Crippen molar-refractivity contribution >= 4 is 16.9 Å². The zero-order chi connectivity index (χ0) is 5.86. The molecule has 0 aromatic carbocycles. The Morgan fingerprint density at radius 2 is 2.29 bits per heavy atom. The van der Waals surface area contributed by atoms with Crippen LogP contribution in [0, 0.1) is 0 Å². The molecule has 0 aliphatic heterocycles. The average molecular weight is 119 g/mol. The van der Waals surface area contributed by atoms with Crippen LogP contribution in [0.3, 0.4) is 0 Å². The molecule has 1 atom stereocenters. The summed E-state index contributed by atoms with van der Waals surface area (Å²) >= 11 is 1.15. The minimum Gasteiger partial charge on any atom is -0.319 e. The Bertz CT molecular complexity index is 72.1. The third-order valence-electron chi connectivity index (χ3n) is 0.352. The van der Waals surface area contributed by atoms with Crippen LogP contribution in [-0.2, 0) is 4.79 Å². The van der Waals surface area contributed by atoms with Gasteiger partial charge in [0.15, 0.2) is 5.12 Å². The van der Waals surface area contributed by atoms with Gasteiger partial charge in [-0.15, -0.1) is 0 Å². The van der Waals surface area contributed by atoms with Crippen molar-refractivity contribution in [3.63, 3.8) is 0 Å². The quantitative estimate of drug-likeness (QED) is 0.513. The molecular formula is C4H9NOS. The molecule has 7 heavy (non-hydrogen) atoms. The second-order valence-corrected chi connectivity index (χ2v) is 2.87. The molecule has 0 spiro atoms. The highest BCUT2D eigenvalue weighted by atomic mass is 32.2. The van der Waals surface area contributed by atoms with Crippen LogP contribution in [0.5, 0.6) is 0 Å². The standard InChI is InChI=1S/C4H9NOS/c1-3(5)7-4(2)6/h3H,5H2,1-2H3/t3-/m0/s1. The lowest BCUT2D eigenvalue weighted by atomic mass is 10.8. The van der Waals surface area contributed by atoms with Crippen LogP contribution in [0.2, 0.25) is 0 Å². The van der Waals surface area contributed by atoms with Crippen molar-refractivity contribution in [3.8, 4) is 0 Å². The molecule has 0 unspecified atom stereocenters. The van der Waals surface area contributed by atoms with Gasteiger partial charge in [0.1, 0.15) is 0 Å². The van der Waals surface area contributed by atoms with Gasteiger partial charge >= 0.3 is 0 Å². The maximum Gasteiger partial charge on any atom is 0.187 e. The first-order valence-electron chi connectivity index (χ1n) is 2.05. The number of carbonyl (C=O) groups excluding carboxylic acids is 1. The van der Waals surface area contributed by atoms with Gasteiger partial charge in [0.25, 0.3) is 0 Å². The van der Waals surface area contributed by atoms with Gasteiger partial charge in [0.05, 0.1) is 5.37 Å². The summed E-state index contributed by atoms with van der Waals surface area (Å²) in [7, 11) is 0. The Balaban J connectivity index is 3.13. The highest BCUT2D eigenvalue weighted by Crippen LogP contribution is 2.03. The average Bonchev–Trinajstić information content (AvgIpc) is 1.27. The smallest absolute Gasteiger partial charge is 0.187 e. The lowest BCUT2D eigenvalue weighted by Crippen LogP contribution is -2.10. The Labute approximate surface area is 47.5 Å². The van der Waals surface area contributed by atoms with Crippen molar-refractivity contribution in [2.24, 2.45) is 5.73 Å². The van der Waals surface area contributed by atoms with E-state index in [0.29, 0.717) is 0 Å². The highest BCUT2D eigenvalue weighted by Gasteiger charge is 1.95. The molecule has 2 nitrogen and oxygen atoms in total. The molecule has 0 saturated heterocycles. The molecule has 0 aliphatic carbocycles. The molecule has 3 heteroatoms. The summed E-state index contributed by atoms with van der Waals surface area (Å²) < 4.78 is 0. The first-order valence-corrected chi connectivity index (χ1v) is 2.93. The molecule has 0 fully saturated rings. The molecule has 0 aliphatic rings. The van der Waals surface area contributed by atoms with Crippen molar-refractivity contribution < 1.29 is 4.79 Å². The molecule has 0 bridgehead atoms. The lowest BCUT2D eigenvalue weighted by Gasteiger charge is -1.96. The third kappa shape index (κ3) is 5.98. The molecule has 0 saturated carbocycles. The monoisotopic (exact) mass is 119 g/mol. The SMILES string of the molecule is CC(=O)S[C@@H](C)N. The van der Waals surface area contributed by atoms with Crippen LogP contribution in [0.15, 0.2) is 0 Å². The van der Waals surface area contributed by atoms with Crippen LogP contribution in [0.4, 0.5) is 0 Å². The number of rotatable bonds is 1. The summed E-state index contributed by atoms with van der Waals surface area (Å²) in [6.45, 7) is 3.29. The summed E-state index contributed by atoms with van der Waals surface area (Å²) in [5, 5.41) is 0.0208. The Hall–Kier alpha value is -0.0200. The Morgan fingerprint density at radius 3 is 2.29 bits per heavy atom. The molecule has 0 heterocycles. The number of hydrogen-bond acceptors (Lipinski definition) is 3. The van der Waals surface area contributed by atoms with Crippen LogP contribution >= 0.6 is 11.8 Å². The van der Waals surface area contributed by atoms with Crippen LogP contribution < -0.4 is 5.73 Å². The topological polar surface area (TPSA) is 43.1 Å². The van der Waals surface area contributed by atoms with Gasteiger partial charge in [0, 0.05) is 6.92 Å². The zero-order valence-electron chi connectivity index (χ0n) is 4.47. The van der Waals surface area contributed by atoms with Gasteiger partial charge in [-0.1, -0.05) is 11.8 Å². The minimum absolute atomic E-state index is 0.0579. The number of hydrogen-bond donors (Lipinski definition) is 1. The maximum absolute atomic E-state index is 10.1. The molecule has 2 N–H and O–H groups in total. The fraction of sp³-hybridized carbons (Fsp3) is 0.750. The first-order chi connectivity index (χ1) is 3.13. The minimum atomic E-state index is -0.0579. The van der Waals surface area contributed by atoms with E-state index in [2.05, 4.69) is 0 Å². The van der Waals surface area contributed by atoms with Gasteiger partial charge in [-0.2, -0.15) is 0 Å². The van der Waals surface area contributed by atoms with E-state index in [9.17, 15) is 4.79 Å². The van der Waals surface area contributed by atoms with Gasteiger partial charge in [-0.05, 0) is 6.92 Å². The predicted molar refractivity (Wildman–Crippen MR) is 31.9 cm³/mol. The van der Waals surface area contributed by atoms with Gasteiger partial charge in [0.2, 0.25) is 0 Å². The summed E-state index contributed by atoms with van der Waals surface area (Å²) in [6, 6.07) is 0. The normalized spacial score (nSPS) is 13.6. The fourth-order valence-corrected chi connectivity index (χ4v) is 0.785. The van der Waals surface area contributed by atoms with E-state index in [4.69, 9.17) is 5.73 Å². The van der Waals surface area contributed by atoms with Crippen molar-refractivity contribution in [3.05, 3.63) is 0 Å². The molecule has 0 aromatic heterocycles. The molecular weight excluding hydrogens is 110 g/mol. The summed E-state index contributed by atoms with van der Waals surface area (Å²) in [5.74, 6) is 0.